The molecule has 0 spiro atoms. The van der Waals surface area contributed by atoms with E-state index in [1.165, 1.54) is 12.1 Å². The largest absolute Gasteiger partial charge is 0.444 e. The molecule has 1 aromatic carbocycles. The average molecular weight is 424 g/mol. The Bertz CT molecular complexity index is 597. The summed E-state index contributed by atoms with van der Waals surface area (Å²) >= 11 is 3.31. The van der Waals surface area contributed by atoms with Crippen LogP contribution in [0, 0.1) is 5.92 Å². The van der Waals surface area contributed by atoms with Crippen LogP contribution in [0.4, 0.5) is 18.0 Å². The van der Waals surface area contributed by atoms with Crippen LogP contribution in [0.1, 0.15) is 52.2 Å². The summed E-state index contributed by atoms with van der Waals surface area (Å²) in [4.78, 5) is 11.8. The average Bonchev–Trinajstić information content (AvgIpc) is 2.36. The summed E-state index contributed by atoms with van der Waals surface area (Å²) in [6.07, 6.45) is -3.75. The van der Waals surface area contributed by atoms with E-state index in [1.807, 2.05) is 13.8 Å². The Hall–Kier alpha value is -1.24. The molecule has 1 N–H and O–H groups in total. The molecule has 0 heterocycles. The molecule has 0 fully saturated rings. The Morgan fingerprint density at radius 2 is 1.84 bits per heavy atom. The minimum absolute atomic E-state index is 0.0877. The number of hydrogen-bond donors (Lipinski definition) is 1. The minimum Gasteiger partial charge on any atom is -0.444 e. The van der Waals surface area contributed by atoms with E-state index in [-0.39, 0.29) is 12.0 Å². The van der Waals surface area contributed by atoms with Crippen molar-refractivity contribution in [2.75, 3.05) is 0 Å². The second-order valence-electron chi connectivity index (χ2n) is 7.40. The first-order valence-corrected chi connectivity index (χ1v) is 8.92. The number of halogens is 4. The van der Waals surface area contributed by atoms with Gasteiger partial charge in [-0.2, -0.15) is 13.2 Å². The minimum atomic E-state index is -4.36. The Balaban J connectivity index is 2.65. The smallest absolute Gasteiger partial charge is 0.416 e. The van der Waals surface area contributed by atoms with Crippen molar-refractivity contribution in [3.05, 3.63) is 33.8 Å². The second kappa shape index (κ2) is 8.43. The lowest BCUT2D eigenvalue weighted by Gasteiger charge is -2.23. The molecule has 2 atom stereocenters. The van der Waals surface area contributed by atoms with Crippen LogP contribution in [0.2, 0.25) is 0 Å². The van der Waals surface area contributed by atoms with Gasteiger partial charge in [0.15, 0.2) is 0 Å². The van der Waals surface area contributed by atoms with Crippen LogP contribution in [0.3, 0.4) is 0 Å². The van der Waals surface area contributed by atoms with E-state index in [4.69, 9.17) is 4.74 Å². The lowest BCUT2D eigenvalue weighted by molar-refractivity contribution is -0.137. The molecule has 0 aliphatic carbocycles. The maximum Gasteiger partial charge on any atom is 0.416 e. The number of rotatable bonds is 5. The van der Waals surface area contributed by atoms with Gasteiger partial charge in [0.2, 0.25) is 0 Å². The number of nitrogens with one attached hydrogen (secondary N) is 1. The quantitative estimate of drug-likeness (QED) is 0.635. The summed E-state index contributed by atoms with van der Waals surface area (Å²) in [5, 5.41) is 2.75. The molecular weight excluding hydrogens is 399 g/mol. The molecular formula is C18H25BrF3NO2. The van der Waals surface area contributed by atoms with Crippen molar-refractivity contribution < 1.29 is 22.7 Å². The van der Waals surface area contributed by atoms with Crippen molar-refractivity contribution in [3.8, 4) is 0 Å². The van der Waals surface area contributed by atoms with Gasteiger partial charge in [0, 0.05) is 10.5 Å². The van der Waals surface area contributed by atoms with Gasteiger partial charge < -0.3 is 10.1 Å². The molecule has 0 aromatic heterocycles. The molecule has 142 valence electrons. The molecule has 1 aromatic rings. The topological polar surface area (TPSA) is 38.3 Å². The van der Waals surface area contributed by atoms with Gasteiger partial charge in [-0.1, -0.05) is 22.9 Å². The van der Waals surface area contributed by atoms with Gasteiger partial charge in [0.25, 0.3) is 0 Å². The predicted molar refractivity (Wildman–Crippen MR) is 95.5 cm³/mol. The maximum absolute atomic E-state index is 12.8. The Labute approximate surface area is 155 Å². The highest BCUT2D eigenvalue weighted by Gasteiger charge is 2.31. The first-order chi connectivity index (χ1) is 11.3. The number of amides is 1. The van der Waals surface area contributed by atoms with Gasteiger partial charge in [-0.25, -0.2) is 4.79 Å². The van der Waals surface area contributed by atoms with Crippen molar-refractivity contribution in [2.45, 2.75) is 65.3 Å². The van der Waals surface area contributed by atoms with Crippen LogP contribution in [0.5, 0.6) is 0 Å². The molecule has 3 nitrogen and oxygen atoms in total. The van der Waals surface area contributed by atoms with E-state index in [9.17, 15) is 18.0 Å². The summed E-state index contributed by atoms with van der Waals surface area (Å²) in [5.41, 5.74) is -0.622. The van der Waals surface area contributed by atoms with E-state index in [0.29, 0.717) is 22.9 Å². The normalized spacial score (nSPS) is 14.8. The molecule has 0 bridgehead atoms. The molecule has 1 amide bonds. The molecule has 0 unspecified atom stereocenters. The van der Waals surface area contributed by atoms with Crippen molar-refractivity contribution in [2.24, 2.45) is 5.92 Å². The molecule has 25 heavy (non-hydrogen) atoms. The predicted octanol–water partition coefficient (Wildman–Crippen LogP) is 5.95. The lowest BCUT2D eigenvalue weighted by Crippen LogP contribution is -2.38. The Morgan fingerprint density at radius 1 is 1.24 bits per heavy atom. The van der Waals surface area contributed by atoms with Crippen molar-refractivity contribution in [1.29, 1.82) is 0 Å². The highest BCUT2D eigenvalue weighted by Crippen LogP contribution is 2.33. The molecule has 0 aliphatic rings. The van der Waals surface area contributed by atoms with Gasteiger partial charge in [0.05, 0.1) is 5.56 Å². The Kier molecular flexibility index (Phi) is 7.35. The van der Waals surface area contributed by atoms with Crippen molar-refractivity contribution >= 4 is 22.0 Å². The zero-order chi connectivity index (χ0) is 19.4. The zero-order valence-corrected chi connectivity index (χ0v) is 16.7. The zero-order valence-electron chi connectivity index (χ0n) is 15.1. The fourth-order valence-electron chi connectivity index (χ4n) is 2.54. The molecule has 0 aliphatic heterocycles. The van der Waals surface area contributed by atoms with Crippen LogP contribution in [0.15, 0.2) is 22.7 Å². The lowest BCUT2D eigenvalue weighted by atomic mass is 9.94. The molecule has 0 radical (unpaired) electrons. The second-order valence-corrected chi connectivity index (χ2v) is 8.25. The van der Waals surface area contributed by atoms with Gasteiger partial charge in [-0.15, -0.1) is 0 Å². The van der Waals surface area contributed by atoms with E-state index in [0.717, 1.165) is 6.07 Å². The van der Waals surface area contributed by atoms with Gasteiger partial charge in [-0.3, -0.25) is 0 Å². The summed E-state index contributed by atoms with van der Waals surface area (Å²) in [6.45, 7) is 9.14. The standard InChI is InChI=1S/C18H25BrF3NO2/c1-11(8-12(2)23-16(24)25-17(3,4)5)9-13-10-14(18(20,21)22)6-7-15(13)19/h6-7,10-12H,8-9H2,1-5H3,(H,23,24)/t11-,12+/m1/s1. The highest BCUT2D eigenvalue weighted by molar-refractivity contribution is 9.10. The molecule has 0 saturated carbocycles. The van der Waals surface area contributed by atoms with Gasteiger partial charge in [0.1, 0.15) is 5.60 Å². The molecule has 0 saturated heterocycles. The monoisotopic (exact) mass is 423 g/mol. The van der Waals surface area contributed by atoms with E-state index >= 15 is 0 Å². The fourth-order valence-corrected chi connectivity index (χ4v) is 2.95. The third-order valence-electron chi connectivity index (χ3n) is 3.46. The van der Waals surface area contributed by atoms with Gasteiger partial charge >= 0.3 is 12.3 Å². The van der Waals surface area contributed by atoms with E-state index in [1.54, 1.807) is 20.8 Å². The summed E-state index contributed by atoms with van der Waals surface area (Å²) < 4.78 is 44.4. The van der Waals surface area contributed by atoms with E-state index in [2.05, 4.69) is 21.2 Å². The summed E-state index contributed by atoms with van der Waals surface area (Å²) in [5.74, 6) is 0.0877. The van der Waals surface area contributed by atoms with Crippen LogP contribution < -0.4 is 5.32 Å². The van der Waals surface area contributed by atoms with Crippen LogP contribution >= 0.6 is 15.9 Å². The van der Waals surface area contributed by atoms with Crippen LogP contribution in [0.25, 0.3) is 0 Å². The number of ether oxygens (including phenoxy) is 1. The third-order valence-corrected chi connectivity index (χ3v) is 4.23. The number of alkyl carbamates (subject to hydrolysis) is 1. The highest BCUT2D eigenvalue weighted by atomic mass is 79.9. The number of hydrogen-bond acceptors (Lipinski definition) is 2. The fraction of sp³-hybridized carbons (Fsp3) is 0.611. The first kappa shape index (κ1) is 21.8. The SMILES string of the molecule is C[C@@H](Cc1cc(C(F)(F)F)ccc1Br)C[C@H](C)NC(=O)OC(C)(C)C. The molecule has 1 rings (SSSR count). The van der Waals surface area contributed by atoms with Crippen LogP contribution in [-0.2, 0) is 17.3 Å². The number of benzene rings is 1. The summed E-state index contributed by atoms with van der Waals surface area (Å²) in [6, 6.07) is 3.51. The maximum atomic E-state index is 12.8. The first-order valence-electron chi connectivity index (χ1n) is 8.13. The van der Waals surface area contributed by atoms with Gasteiger partial charge in [-0.05, 0) is 70.2 Å². The number of alkyl halides is 3. The molecule has 7 heteroatoms. The van der Waals surface area contributed by atoms with Crippen LogP contribution in [-0.4, -0.2) is 17.7 Å². The summed E-state index contributed by atoms with van der Waals surface area (Å²) in [7, 11) is 0. The number of carbonyl (C=O) groups excluding carboxylic acids is 1. The number of carbonyl (C=O) groups is 1. The van der Waals surface area contributed by atoms with E-state index < -0.39 is 23.4 Å². The van der Waals surface area contributed by atoms with Crippen molar-refractivity contribution in [1.82, 2.24) is 5.32 Å². The third kappa shape index (κ3) is 8.12. The van der Waals surface area contributed by atoms with Crippen molar-refractivity contribution in [3.63, 3.8) is 0 Å². The Morgan fingerprint density at radius 3 is 2.36 bits per heavy atom.